The van der Waals surface area contributed by atoms with Gasteiger partial charge in [-0.15, -0.1) is 0 Å². The van der Waals surface area contributed by atoms with E-state index in [2.05, 4.69) is 14.4 Å². The number of sulfonamides is 1. The molecule has 0 saturated heterocycles. The Morgan fingerprint density at radius 2 is 1.76 bits per heavy atom. The minimum Gasteiger partial charge on any atom is -0.435 e. The third-order valence-electron chi connectivity index (χ3n) is 3.74. The summed E-state index contributed by atoms with van der Waals surface area (Å²) in [6.07, 6.45) is -4.89. The van der Waals surface area contributed by atoms with Gasteiger partial charge in [0.2, 0.25) is 5.56 Å². The summed E-state index contributed by atoms with van der Waals surface area (Å²) in [7, 11) is -4.37. The van der Waals surface area contributed by atoms with Gasteiger partial charge in [0, 0.05) is 23.0 Å². The van der Waals surface area contributed by atoms with Gasteiger partial charge in [0.25, 0.3) is 10.0 Å². The summed E-state index contributed by atoms with van der Waals surface area (Å²) in [6.45, 7) is -3.12. The van der Waals surface area contributed by atoms with E-state index in [1.807, 2.05) is 0 Å². The maximum Gasteiger partial charge on any atom is 0.417 e. The number of rotatable bonds is 5. The van der Waals surface area contributed by atoms with E-state index in [0.29, 0.717) is 6.07 Å². The predicted octanol–water partition coefficient (Wildman–Crippen LogP) is 3.95. The van der Waals surface area contributed by atoms with E-state index >= 15 is 0 Å². The van der Waals surface area contributed by atoms with E-state index < -0.39 is 44.2 Å². The smallest absolute Gasteiger partial charge is 0.417 e. The monoisotopic (exact) mass is 434 g/mol. The lowest BCUT2D eigenvalue weighted by Crippen LogP contribution is -2.16. The molecule has 0 amide bonds. The quantitative estimate of drug-likeness (QED) is 0.596. The highest BCUT2D eigenvalue weighted by Crippen LogP contribution is 2.34. The standard InChI is InChI=1S/C17H11F5N2O4S/c18-16(19)28-10-3-1-2-9(6-10)24-29(26,27)11-4-5-14-12(7-11)13(17(20,21)22)8-15(25)23-14/h1-8,16,24H,(H,23,25). The van der Waals surface area contributed by atoms with Crippen LogP contribution in [-0.4, -0.2) is 20.0 Å². The van der Waals surface area contributed by atoms with Crippen molar-refractivity contribution in [3.63, 3.8) is 0 Å². The zero-order chi connectivity index (χ0) is 21.4. The molecule has 0 bridgehead atoms. The van der Waals surface area contributed by atoms with Crippen LogP contribution >= 0.6 is 0 Å². The van der Waals surface area contributed by atoms with Gasteiger partial charge in [-0.25, -0.2) is 8.42 Å². The Hall–Kier alpha value is -3.15. The summed E-state index contributed by atoms with van der Waals surface area (Å²) in [4.78, 5) is 13.1. The molecule has 29 heavy (non-hydrogen) atoms. The van der Waals surface area contributed by atoms with Crippen LogP contribution < -0.4 is 15.0 Å². The molecule has 3 aromatic rings. The van der Waals surface area contributed by atoms with E-state index in [-0.39, 0.29) is 17.0 Å². The molecule has 0 spiro atoms. The van der Waals surface area contributed by atoms with E-state index in [4.69, 9.17) is 0 Å². The van der Waals surface area contributed by atoms with Crippen molar-refractivity contribution < 1.29 is 35.1 Å². The predicted molar refractivity (Wildman–Crippen MR) is 93.5 cm³/mol. The molecule has 2 aromatic carbocycles. The van der Waals surface area contributed by atoms with E-state index in [0.717, 1.165) is 24.3 Å². The average molecular weight is 434 g/mol. The van der Waals surface area contributed by atoms with E-state index in [1.165, 1.54) is 18.2 Å². The fourth-order valence-corrected chi connectivity index (χ4v) is 3.66. The molecule has 3 rings (SSSR count). The summed E-state index contributed by atoms with van der Waals surface area (Å²) in [5.74, 6) is -0.310. The van der Waals surface area contributed by atoms with Crippen molar-refractivity contribution in [2.24, 2.45) is 0 Å². The summed E-state index contributed by atoms with van der Waals surface area (Å²) in [5.41, 5.74) is -2.62. The number of nitrogens with one attached hydrogen (secondary N) is 2. The lowest BCUT2D eigenvalue weighted by molar-refractivity contribution is -0.136. The van der Waals surface area contributed by atoms with Crippen molar-refractivity contribution in [2.45, 2.75) is 17.7 Å². The fraction of sp³-hybridized carbons (Fsp3) is 0.118. The molecule has 2 N–H and O–H groups in total. The summed E-state index contributed by atoms with van der Waals surface area (Å²) >= 11 is 0. The molecule has 0 aliphatic rings. The van der Waals surface area contributed by atoms with E-state index in [1.54, 1.807) is 0 Å². The minimum atomic E-state index is -4.89. The first kappa shape index (κ1) is 20.6. The summed E-state index contributed by atoms with van der Waals surface area (Å²) < 4.78 is 95.6. The molecule has 0 aliphatic carbocycles. The Morgan fingerprint density at radius 1 is 1.03 bits per heavy atom. The zero-order valence-electron chi connectivity index (χ0n) is 14.1. The summed E-state index contributed by atoms with van der Waals surface area (Å²) in [6, 6.07) is 7.78. The topological polar surface area (TPSA) is 88.3 Å². The van der Waals surface area contributed by atoms with Crippen molar-refractivity contribution in [3.05, 3.63) is 64.4 Å². The molecule has 1 heterocycles. The fourth-order valence-electron chi connectivity index (χ4n) is 2.58. The normalized spacial score (nSPS) is 12.3. The maximum atomic E-state index is 13.2. The number of ether oxygens (including phenoxy) is 1. The second-order valence-electron chi connectivity index (χ2n) is 5.76. The highest BCUT2D eigenvalue weighted by atomic mass is 32.2. The van der Waals surface area contributed by atoms with Crippen LogP contribution in [0.25, 0.3) is 10.9 Å². The Balaban J connectivity index is 2.03. The van der Waals surface area contributed by atoms with Crippen LogP contribution in [0.5, 0.6) is 5.75 Å². The van der Waals surface area contributed by atoms with Gasteiger partial charge < -0.3 is 9.72 Å². The first-order chi connectivity index (χ1) is 13.5. The first-order valence-corrected chi connectivity index (χ1v) is 9.26. The second-order valence-corrected chi connectivity index (χ2v) is 7.45. The average Bonchev–Trinajstić information content (AvgIpc) is 2.59. The molecule has 12 heteroatoms. The zero-order valence-corrected chi connectivity index (χ0v) is 14.9. The molecular formula is C17H11F5N2O4S. The molecule has 6 nitrogen and oxygen atoms in total. The molecule has 0 saturated carbocycles. The third-order valence-corrected chi connectivity index (χ3v) is 5.12. The lowest BCUT2D eigenvalue weighted by atomic mass is 10.1. The van der Waals surface area contributed by atoms with Crippen LogP contribution in [0.4, 0.5) is 27.6 Å². The van der Waals surface area contributed by atoms with Gasteiger partial charge in [0.05, 0.1) is 16.1 Å². The highest BCUT2D eigenvalue weighted by molar-refractivity contribution is 7.92. The largest absolute Gasteiger partial charge is 0.435 e. The molecule has 0 unspecified atom stereocenters. The Bertz CT molecular complexity index is 1220. The van der Waals surface area contributed by atoms with Crippen molar-refractivity contribution in [1.29, 1.82) is 0 Å². The van der Waals surface area contributed by atoms with Gasteiger partial charge in [0.1, 0.15) is 5.75 Å². The summed E-state index contributed by atoms with van der Waals surface area (Å²) in [5, 5.41) is -0.519. The number of aromatic amines is 1. The number of H-pyrrole nitrogens is 1. The van der Waals surface area contributed by atoms with Gasteiger partial charge in [-0.2, -0.15) is 22.0 Å². The number of aromatic nitrogens is 1. The van der Waals surface area contributed by atoms with Gasteiger partial charge in [0.15, 0.2) is 0 Å². The van der Waals surface area contributed by atoms with Gasteiger partial charge >= 0.3 is 12.8 Å². The first-order valence-electron chi connectivity index (χ1n) is 7.78. The SMILES string of the molecule is O=c1cc(C(F)(F)F)c2cc(S(=O)(=O)Nc3cccc(OC(F)F)c3)ccc2[nH]1. The van der Waals surface area contributed by atoms with Crippen LogP contribution in [0.3, 0.4) is 0 Å². The molecule has 0 atom stereocenters. The van der Waals surface area contributed by atoms with Crippen LogP contribution in [0, 0.1) is 0 Å². The Labute approximate surface area is 160 Å². The highest BCUT2D eigenvalue weighted by Gasteiger charge is 2.33. The number of hydrogen-bond acceptors (Lipinski definition) is 4. The van der Waals surface area contributed by atoms with Crippen LogP contribution in [0.2, 0.25) is 0 Å². The Morgan fingerprint density at radius 3 is 2.41 bits per heavy atom. The van der Waals surface area contributed by atoms with Crippen molar-refractivity contribution in [2.75, 3.05) is 4.72 Å². The van der Waals surface area contributed by atoms with Gasteiger partial charge in [-0.05, 0) is 30.3 Å². The van der Waals surface area contributed by atoms with Crippen molar-refractivity contribution >= 4 is 26.6 Å². The molecule has 0 radical (unpaired) electrons. The van der Waals surface area contributed by atoms with Gasteiger partial charge in [-0.3, -0.25) is 9.52 Å². The van der Waals surface area contributed by atoms with Gasteiger partial charge in [-0.1, -0.05) is 6.07 Å². The minimum absolute atomic E-state index is 0.138. The third kappa shape index (κ3) is 4.65. The number of pyridine rings is 1. The number of halogens is 5. The van der Waals surface area contributed by atoms with Crippen LogP contribution in [0.15, 0.2) is 58.2 Å². The number of benzene rings is 2. The van der Waals surface area contributed by atoms with Crippen molar-refractivity contribution in [3.8, 4) is 5.75 Å². The van der Waals surface area contributed by atoms with Crippen LogP contribution in [0.1, 0.15) is 5.56 Å². The molecular weight excluding hydrogens is 423 g/mol. The van der Waals surface area contributed by atoms with E-state index in [9.17, 15) is 35.2 Å². The Kier molecular flexibility index (Phi) is 5.22. The number of hydrogen-bond donors (Lipinski definition) is 2. The molecule has 0 aliphatic heterocycles. The number of anilines is 1. The molecule has 0 fully saturated rings. The molecule has 154 valence electrons. The number of fused-ring (bicyclic) bond motifs is 1. The maximum absolute atomic E-state index is 13.2. The number of alkyl halides is 5. The molecule has 1 aromatic heterocycles. The van der Waals surface area contributed by atoms with Crippen molar-refractivity contribution in [1.82, 2.24) is 4.98 Å². The van der Waals surface area contributed by atoms with Crippen LogP contribution in [-0.2, 0) is 16.2 Å². The lowest BCUT2D eigenvalue weighted by Gasteiger charge is -2.13. The second kappa shape index (κ2) is 7.35.